The number of nitrogens with one attached hydrogen (secondary N) is 2. The van der Waals surface area contributed by atoms with Gasteiger partial charge in [-0.3, -0.25) is 4.79 Å². The van der Waals surface area contributed by atoms with Gasteiger partial charge in [-0.2, -0.15) is 0 Å². The number of benzene rings is 1. The molecule has 1 amide bonds. The second-order valence-electron chi connectivity index (χ2n) is 6.30. The first-order valence-corrected chi connectivity index (χ1v) is 8.05. The van der Waals surface area contributed by atoms with Crippen molar-refractivity contribution in [1.29, 1.82) is 0 Å². The lowest BCUT2D eigenvalue weighted by Gasteiger charge is -2.45. The van der Waals surface area contributed by atoms with Crippen molar-refractivity contribution in [3.63, 3.8) is 0 Å². The second kappa shape index (κ2) is 6.06. The molecule has 3 aliphatic rings. The summed E-state index contributed by atoms with van der Waals surface area (Å²) >= 11 is 0. The first kappa shape index (κ1) is 14.4. The molecule has 1 aromatic rings. The van der Waals surface area contributed by atoms with Crippen molar-refractivity contribution in [2.75, 3.05) is 31.5 Å². The second-order valence-corrected chi connectivity index (χ2v) is 6.30. The summed E-state index contributed by atoms with van der Waals surface area (Å²) in [5, 5.41) is 6.56. The molecule has 4 heteroatoms. The summed E-state index contributed by atoms with van der Waals surface area (Å²) in [6.07, 6.45) is 2.44. The maximum Gasteiger partial charge on any atom is 0.253 e. The van der Waals surface area contributed by atoms with Crippen LogP contribution in [-0.4, -0.2) is 43.0 Å². The van der Waals surface area contributed by atoms with E-state index in [1.165, 1.54) is 31.5 Å². The van der Waals surface area contributed by atoms with Crippen LogP contribution in [0.25, 0.3) is 0 Å². The van der Waals surface area contributed by atoms with Gasteiger partial charge in [0.05, 0.1) is 5.56 Å². The van der Waals surface area contributed by atoms with Gasteiger partial charge in [0.25, 0.3) is 5.91 Å². The number of nitrogens with zero attached hydrogens (tertiary/aromatic N) is 1. The molecule has 114 valence electrons. The highest BCUT2D eigenvalue weighted by Crippen LogP contribution is 2.28. The Morgan fingerprint density at radius 1 is 1.33 bits per heavy atom. The molecular formula is C17H25N3O. The summed E-state index contributed by atoms with van der Waals surface area (Å²) in [6, 6.07) is 6.31. The molecule has 1 aromatic carbocycles. The quantitative estimate of drug-likeness (QED) is 0.893. The molecule has 0 aromatic heterocycles. The lowest BCUT2D eigenvalue weighted by molar-refractivity contribution is 0.0621. The van der Waals surface area contributed by atoms with Gasteiger partial charge >= 0.3 is 0 Å². The molecule has 0 radical (unpaired) electrons. The van der Waals surface area contributed by atoms with Crippen molar-refractivity contribution < 1.29 is 4.79 Å². The Hall–Kier alpha value is -1.55. The van der Waals surface area contributed by atoms with Crippen LogP contribution in [0.1, 0.15) is 35.7 Å². The van der Waals surface area contributed by atoms with E-state index in [2.05, 4.69) is 35.4 Å². The summed E-state index contributed by atoms with van der Waals surface area (Å²) in [6.45, 7) is 8.34. The lowest BCUT2D eigenvalue weighted by atomic mass is 9.84. The van der Waals surface area contributed by atoms with E-state index in [9.17, 15) is 4.79 Å². The molecule has 1 atom stereocenters. The fourth-order valence-corrected chi connectivity index (χ4v) is 3.57. The molecule has 4 rings (SSSR count). The van der Waals surface area contributed by atoms with E-state index < -0.39 is 0 Å². The summed E-state index contributed by atoms with van der Waals surface area (Å²) in [5.41, 5.74) is 2.88. The summed E-state index contributed by atoms with van der Waals surface area (Å²) in [4.78, 5) is 15.1. The van der Waals surface area contributed by atoms with E-state index in [0.29, 0.717) is 12.0 Å². The highest BCUT2D eigenvalue weighted by atomic mass is 16.1. The van der Waals surface area contributed by atoms with E-state index in [-0.39, 0.29) is 5.91 Å². The SMILES string of the molecule is CCNc1cc(C)ccc1C(=O)NC1CN2CCC1CC2. The monoisotopic (exact) mass is 287 g/mol. The first-order valence-electron chi connectivity index (χ1n) is 8.05. The number of amides is 1. The van der Waals surface area contributed by atoms with Crippen LogP contribution < -0.4 is 10.6 Å². The predicted octanol–water partition coefficient (Wildman–Crippen LogP) is 2.25. The number of fused-ring (bicyclic) bond motifs is 3. The first-order chi connectivity index (χ1) is 10.2. The minimum Gasteiger partial charge on any atom is -0.385 e. The molecular weight excluding hydrogens is 262 g/mol. The molecule has 2 N–H and O–H groups in total. The van der Waals surface area contributed by atoms with Gasteiger partial charge in [0.15, 0.2) is 0 Å². The zero-order chi connectivity index (χ0) is 14.8. The largest absolute Gasteiger partial charge is 0.385 e. The van der Waals surface area contributed by atoms with Crippen molar-refractivity contribution in [3.8, 4) is 0 Å². The zero-order valence-corrected chi connectivity index (χ0v) is 13.0. The molecule has 3 aliphatic heterocycles. The molecule has 3 fully saturated rings. The molecule has 3 saturated heterocycles. The Morgan fingerprint density at radius 2 is 2.10 bits per heavy atom. The van der Waals surface area contributed by atoms with Gasteiger partial charge in [-0.1, -0.05) is 6.07 Å². The number of piperidine rings is 3. The highest BCUT2D eigenvalue weighted by molar-refractivity contribution is 6.00. The van der Waals surface area contributed by atoms with Gasteiger partial charge in [-0.25, -0.2) is 0 Å². The van der Waals surface area contributed by atoms with Gasteiger partial charge in [0.2, 0.25) is 0 Å². The van der Waals surface area contributed by atoms with Gasteiger partial charge in [-0.15, -0.1) is 0 Å². The third kappa shape index (κ3) is 3.05. The maximum atomic E-state index is 12.6. The highest BCUT2D eigenvalue weighted by Gasteiger charge is 2.35. The Kier molecular flexibility index (Phi) is 4.15. The van der Waals surface area contributed by atoms with Gasteiger partial charge in [0.1, 0.15) is 0 Å². The van der Waals surface area contributed by atoms with Crippen LogP contribution in [0.4, 0.5) is 5.69 Å². The third-order valence-corrected chi connectivity index (χ3v) is 4.76. The maximum absolute atomic E-state index is 12.6. The third-order valence-electron chi connectivity index (χ3n) is 4.76. The zero-order valence-electron chi connectivity index (χ0n) is 13.0. The number of carbonyl (C=O) groups is 1. The molecule has 3 heterocycles. The Morgan fingerprint density at radius 3 is 2.71 bits per heavy atom. The van der Waals surface area contributed by atoms with Crippen molar-refractivity contribution in [2.24, 2.45) is 5.92 Å². The van der Waals surface area contributed by atoms with Crippen molar-refractivity contribution in [3.05, 3.63) is 29.3 Å². The normalized spacial score (nSPS) is 27.4. The van der Waals surface area contributed by atoms with E-state index >= 15 is 0 Å². The smallest absolute Gasteiger partial charge is 0.253 e. The van der Waals surface area contributed by atoms with Crippen LogP contribution in [0.2, 0.25) is 0 Å². The van der Waals surface area contributed by atoms with Crippen molar-refractivity contribution in [2.45, 2.75) is 32.7 Å². The molecule has 0 saturated carbocycles. The van der Waals surface area contributed by atoms with E-state index in [0.717, 1.165) is 24.3 Å². The van der Waals surface area contributed by atoms with Crippen LogP contribution in [0.5, 0.6) is 0 Å². The van der Waals surface area contributed by atoms with Gasteiger partial charge in [0, 0.05) is 24.8 Å². The number of anilines is 1. The molecule has 21 heavy (non-hydrogen) atoms. The van der Waals surface area contributed by atoms with Crippen molar-refractivity contribution >= 4 is 11.6 Å². The van der Waals surface area contributed by atoms with E-state index in [1.54, 1.807) is 0 Å². The number of carbonyl (C=O) groups excluding carboxylic acids is 1. The number of hydrogen-bond donors (Lipinski definition) is 2. The van der Waals surface area contributed by atoms with Crippen LogP contribution in [0.3, 0.4) is 0 Å². The van der Waals surface area contributed by atoms with E-state index in [4.69, 9.17) is 0 Å². The predicted molar refractivity (Wildman–Crippen MR) is 85.8 cm³/mol. The average molecular weight is 287 g/mol. The Labute approximate surface area is 126 Å². The minimum atomic E-state index is 0.0599. The Bertz CT molecular complexity index is 521. The average Bonchev–Trinajstić information content (AvgIpc) is 2.49. The topological polar surface area (TPSA) is 44.4 Å². The molecule has 2 bridgehead atoms. The van der Waals surface area contributed by atoms with E-state index in [1.807, 2.05) is 12.1 Å². The Balaban J connectivity index is 1.73. The van der Waals surface area contributed by atoms with Gasteiger partial charge < -0.3 is 15.5 Å². The molecule has 1 unspecified atom stereocenters. The van der Waals surface area contributed by atoms with Crippen LogP contribution in [0, 0.1) is 12.8 Å². The molecule has 4 nitrogen and oxygen atoms in total. The van der Waals surface area contributed by atoms with Crippen LogP contribution in [-0.2, 0) is 0 Å². The number of hydrogen-bond acceptors (Lipinski definition) is 3. The minimum absolute atomic E-state index is 0.0599. The standard InChI is InChI=1S/C17H25N3O/c1-3-18-15-10-12(2)4-5-14(15)17(21)19-16-11-20-8-6-13(16)7-9-20/h4-5,10,13,16,18H,3,6-9,11H2,1-2H3,(H,19,21). The van der Waals surface area contributed by atoms with Crippen LogP contribution in [0.15, 0.2) is 18.2 Å². The van der Waals surface area contributed by atoms with Gasteiger partial charge in [-0.05, 0) is 63.4 Å². The molecule has 0 spiro atoms. The number of rotatable bonds is 4. The van der Waals surface area contributed by atoms with Crippen molar-refractivity contribution in [1.82, 2.24) is 10.2 Å². The van der Waals surface area contributed by atoms with Crippen LogP contribution >= 0.6 is 0 Å². The summed E-state index contributed by atoms with van der Waals surface area (Å²) < 4.78 is 0. The number of aryl methyl sites for hydroxylation is 1. The lowest BCUT2D eigenvalue weighted by Crippen LogP contribution is -2.57. The fourth-order valence-electron chi connectivity index (χ4n) is 3.57. The summed E-state index contributed by atoms with van der Waals surface area (Å²) in [7, 11) is 0. The summed E-state index contributed by atoms with van der Waals surface area (Å²) in [5.74, 6) is 0.719. The molecule has 0 aliphatic carbocycles. The fraction of sp³-hybridized carbons (Fsp3) is 0.588.